The Balaban J connectivity index is 1.86. The molecule has 0 spiro atoms. The van der Waals surface area contributed by atoms with Crippen LogP contribution in [0.5, 0.6) is 0 Å². The smallest absolute Gasteiger partial charge is 0.295 e. The number of hydrogen-bond acceptors (Lipinski definition) is 5. The lowest BCUT2D eigenvalue weighted by Gasteiger charge is -2.27. The van der Waals surface area contributed by atoms with Crippen molar-refractivity contribution in [3.05, 3.63) is 71.4 Å². The molecule has 1 amide bonds. The molecule has 1 fully saturated rings. The number of carbonyl (C=O) groups is 2. The summed E-state index contributed by atoms with van der Waals surface area (Å²) in [7, 11) is 4.07. The van der Waals surface area contributed by atoms with Gasteiger partial charge in [-0.15, -0.1) is 0 Å². The van der Waals surface area contributed by atoms with E-state index >= 15 is 0 Å². The monoisotopic (exact) mass is 419 g/mol. The molecule has 0 saturated carbocycles. The number of ketones is 1. The molecule has 1 unspecified atom stereocenters. The Morgan fingerprint density at radius 3 is 2.61 bits per heavy atom. The Labute approximate surface area is 180 Å². The fourth-order valence-electron chi connectivity index (χ4n) is 4.11. The summed E-state index contributed by atoms with van der Waals surface area (Å²) in [6.45, 7) is 2.98. The molecule has 4 rings (SSSR count). The molecule has 1 saturated heterocycles. The number of Topliss-reactive ketones (excluding diaryl/α,β-unsaturated/α-hetero) is 1. The second-order valence-electron chi connectivity index (χ2n) is 8.04. The molecule has 0 radical (unpaired) electrons. The Morgan fingerprint density at radius 2 is 1.90 bits per heavy atom. The number of amides is 1. The average Bonchev–Trinajstić information content (AvgIpc) is 3.22. The number of rotatable bonds is 6. The van der Waals surface area contributed by atoms with Gasteiger partial charge in [-0.1, -0.05) is 11.8 Å². The van der Waals surface area contributed by atoms with Gasteiger partial charge in [-0.05, 0) is 36.8 Å². The summed E-state index contributed by atoms with van der Waals surface area (Å²) >= 11 is 0. The number of imidazole rings is 1. The summed E-state index contributed by atoms with van der Waals surface area (Å²) in [6, 6.07) is 8.19. The first kappa shape index (κ1) is 20.7. The maximum Gasteiger partial charge on any atom is 0.295 e. The van der Waals surface area contributed by atoms with E-state index in [1.807, 2.05) is 20.2 Å². The van der Waals surface area contributed by atoms with Gasteiger partial charge in [0.25, 0.3) is 5.91 Å². The predicted octanol–water partition coefficient (Wildman–Crippen LogP) is -0.204. The Bertz CT molecular complexity index is 1170. The van der Waals surface area contributed by atoms with Gasteiger partial charge in [0.05, 0.1) is 38.1 Å². The summed E-state index contributed by atoms with van der Waals surface area (Å²) in [5, 5.41) is 13.7. The topological polar surface area (TPSA) is 95.1 Å². The first-order chi connectivity index (χ1) is 14.9. The average molecular weight is 419 g/mol. The van der Waals surface area contributed by atoms with E-state index in [4.69, 9.17) is 0 Å². The highest BCUT2D eigenvalue weighted by Crippen LogP contribution is 2.38. The van der Waals surface area contributed by atoms with Crippen molar-refractivity contribution in [2.45, 2.75) is 19.4 Å². The normalized spacial score (nSPS) is 18.5. The fourth-order valence-corrected chi connectivity index (χ4v) is 4.11. The Hall–Kier alpha value is -3.52. The van der Waals surface area contributed by atoms with E-state index in [1.54, 1.807) is 54.2 Å². The van der Waals surface area contributed by atoms with Crippen molar-refractivity contribution < 1.29 is 19.6 Å². The molecule has 1 aliphatic heterocycles. The molecule has 160 valence electrons. The van der Waals surface area contributed by atoms with Gasteiger partial charge < -0.3 is 19.3 Å². The minimum Gasteiger partial charge on any atom is -0.871 e. The third-order valence-corrected chi connectivity index (χ3v) is 5.55. The molecule has 1 aliphatic rings. The molecular weight excluding hydrogens is 394 g/mol. The molecular formula is C23H25N5O3. The van der Waals surface area contributed by atoms with Gasteiger partial charge in [-0.2, -0.15) is 0 Å². The number of carbonyl (C=O) groups excluding carboxylic acids is 2. The van der Waals surface area contributed by atoms with E-state index in [1.165, 1.54) is 9.80 Å². The zero-order valence-electron chi connectivity index (χ0n) is 17.8. The van der Waals surface area contributed by atoms with E-state index in [-0.39, 0.29) is 5.57 Å². The van der Waals surface area contributed by atoms with Gasteiger partial charge in [0, 0.05) is 37.1 Å². The number of fused-ring (bicyclic) bond motifs is 1. The van der Waals surface area contributed by atoms with E-state index in [9.17, 15) is 14.7 Å². The lowest BCUT2D eigenvalue weighted by atomic mass is 9.97. The number of nitrogens with zero attached hydrogens (tertiary/aromatic N) is 4. The van der Waals surface area contributed by atoms with Crippen LogP contribution in [-0.4, -0.2) is 58.1 Å². The highest BCUT2D eigenvalue weighted by Gasteiger charge is 2.44. The maximum atomic E-state index is 13.7. The third kappa shape index (κ3) is 3.70. The molecule has 31 heavy (non-hydrogen) atoms. The SMILES string of the molecule is Cc1nc2ccccn2c1C([O-])=C1C(=O)C(=O)N(CCC[NH+](C)C)C1c1ccncc1. The quantitative estimate of drug-likeness (QED) is 0.339. The van der Waals surface area contributed by atoms with Crippen molar-refractivity contribution in [3.8, 4) is 0 Å². The Kier molecular flexibility index (Phi) is 5.56. The predicted molar refractivity (Wildman–Crippen MR) is 113 cm³/mol. The van der Waals surface area contributed by atoms with Crippen LogP contribution in [0.4, 0.5) is 0 Å². The van der Waals surface area contributed by atoms with Crippen LogP contribution in [0.2, 0.25) is 0 Å². The van der Waals surface area contributed by atoms with Gasteiger partial charge in [0.2, 0.25) is 5.78 Å². The minimum absolute atomic E-state index is 0.0258. The van der Waals surface area contributed by atoms with Crippen molar-refractivity contribution in [1.29, 1.82) is 0 Å². The van der Waals surface area contributed by atoms with Crippen molar-refractivity contribution >= 4 is 23.1 Å². The summed E-state index contributed by atoms with van der Waals surface area (Å²) in [5.41, 5.74) is 2.12. The molecule has 0 bridgehead atoms. The van der Waals surface area contributed by atoms with Crippen LogP contribution in [0, 0.1) is 6.92 Å². The molecule has 0 aliphatic carbocycles. The molecule has 1 N–H and O–H groups in total. The van der Waals surface area contributed by atoms with Gasteiger partial charge in [0.1, 0.15) is 5.65 Å². The third-order valence-electron chi connectivity index (χ3n) is 5.55. The van der Waals surface area contributed by atoms with Gasteiger partial charge >= 0.3 is 0 Å². The summed E-state index contributed by atoms with van der Waals surface area (Å²) in [4.78, 5) is 37.3. The number of aryl methyl sites for hydroxylation is 1. The summed E-state index contributed by atoms with van der Waals surface area (Å²) in [5.74, 6) is -1.84. The Morgan fingerprint density at radius 1 is 1.16 bits per heavy atom. The van der Waals surface area contributed by atoms with Crippen molar-refractivity contribution in [3.63, 3.8) is 0 Å². The minimum atomic E-state index is -0.741. The van der Waals surface area contributed by atoms with Crippen LogP contribution in [0.25, 0.3) is 11.4 Å². The lowest BCUT2D eigenvalue weighted by molar-refractivity contribution is -0.858. The number of likely N-dealkylation sites (tertiary alicyclic amines) is 1. The number of quaternary nitrogens is 1. The van der Waals surface area contributed by atoms with E-state index in [2.05, 4.69) is 9.97 Å². The maximum absolute atomic E-state index is 13.7. The second-order valence-corrected chi connectivity index (χ2v) is 8.04. The summed E-state index contributed by atoms with van der Waals surface area (Å²) in [6.07, 6.45) is 5.67. The van der Waals surface area contributed by atoms with Crippen LogP contribution in [0.15, 0.2) is 54.5 Å². The lowest BCUT2D eigenvalue weighted by Crippen LogP contribution is -3.05. The number of hydrogen-bond donors (Lipinski definition) is 1. The van der Waals surface area contributed by atoms with Crippen molar-refractivity contribution in [2.75, 3.05) is 27.2 Å². The van der Waals surface area contributed by atoms with Crippen molar-refractivity contribution in [1.82, 2.24) is 19.3 Å². The molecule has 3 aromatic heterocycles. The largest absolute Gasteiger partial charge is 0.871 e. The first-order valence-corrected chi connectivity index (χ1v) is 10.3. The zero-order valence-corrected chi connectivity index (χ0v) is 17.8. The fraction of sp³-hybridized carbons (Fsp3) is 0.304. The standard InChI is InChI=1S/C23H25N5O3/c1-15-19(27-13-5-4-7-17(27)25-15)21(29)18-20(16-8-10-24-11-9-16)28(23(31)22(18)30)14-6-12-26(2)3/h4-5,7-11,13,20,29H,6,12,14H2,1-3H3. The zero-order chi connectivity index (χ0) is 22.1. The number of pyridine rings is 2. The summed E-state index contributed by atoms with van der Waals surface area (Å²) < 4.78 is 1.67. The molecule has 8 heteroatoms. The van der Waals surface area contributed by atoms with Gasteiger partial charge in [-0.25, -0.2) is 4.98 Å². The van der Waals surface area contributed by atoms with Gasteiger partial charge in [-0.3, -0.25) is 14.6 Å². The molecule has 0 aromatic carbocycles. The van der Waals surface area contributed by atoms with Crippen LogP contribution >= 0.6 is 0 Å². The van der Waals surface area contributed by atoms with Crippen LogP contribution in [0.3, 0.4) is 0 Å². The second kappa shape index (κ2) is 8.31. The van der Waals surface area contributed by atoms with Crippen LogP contribution in [0.1, 0.15) is 29.4 Å². The number of aromatic nitrogens is 3. The molecule has 1 atom stereocenters. The van der Waals surface area contributed by atoms with Crippen LogP contribution < -0.4 is 10.0 Å². The van der Waals surface area contributed by atoms with E-state index < -0.39 is 23.5 Å². The first-order valence-electron chi connectivity index (χ1n) is 10.3. The highest BCUT2D eigenvalue weighted by molar-refractivity contribution is 6.46. The molecule has 4 heterocycles. The molecule has 3 aromatic rings. The highest BCUT2D eigenvalue weighted by atomic mass is 16.3. The number of nitrogens with one attached hydrogen (secondary N) is 1. The van der Waals surface area contributed by atoms with E-state index in [0.717, 1.165) is 13.0 Å². The molecule has 8 nitrogen and oxygen atoms in total. The van der Waals surface area contributed by atoms with Crippen LogP contribution in [-0.2, 0) is 9.59 Å². The van der Waals surface area contributed by atoms with Gasteiger partial charge in [0.15, 0.2) is 0 Å². The van der Waals surface area contributed by atoms with Crippen molar-refractivity contribution in [2.24, 2.45) is 0 Å². The van der Waals surface area contributed by atoms with E-state index in [0.29, 0.717) is 29.1 Å².